The van der Waals surface area contributed by atoms with Crippen LogP contribution < -0.4 is 20.3 Å². The van der Waals surface area contributed by atoms with Crippen LogP contribution in [-0.2, 0) is 13.1 Å². The second-order valence-corrected chi connectivity index (χ2v) is 7.16. The Morgan fingerprint density at radius 2 is 1.86 bits per heavy atom. The summed E-state index contributed by atoms with van der Waals surface area (Å²) in [5.74, 6) is 2.73. The van der Waals surface area contributed by atoms with E-state index in [2.05, 4.69) is 56.7 Å². The molecule has 0 saturated carbocycles. The summed E-state index contributed by atoms with van der Waals surface area (Å²) >= 11 is 0. The molecule has 0 radical (unpaired) electrons. The van der Waals surface area contributed by atoms with E-state index in [-0.39, 0.29) is 24.0 Å². The van der Waals surface area contributed by atoms with Crippen molar-refractivity contribution in [2.24, 2.45) is 4.99 Å². The lowest BCUT2D eigenvalue weighted by Crippen LogP contribution is -2.36. The number of pyridine rings is 1. The zero-order chi connectivity index (χ0) is 19.8. The van der Waals surface area contributed by atoms with Crippen molar-refractivity contribution < 1.29 is 4.74 Å². The molecule has 0 amide bonds. The number of nitrogens with one attached hydrogen (secondary N) is 2. The zero-order valence-electron chi connectivity index (χ0n) is 17.6. The van der Waals surface area contributed by atoms with Crippen molar-refractivity contribution >= 4 is 35.8 Å². The highest BCUT2D eigenvalue weighted by Crippen LogP contribution is 2.20. The predicted octanol–water partition coefficient (Wildman–Crippen LogP) is 3.87. The van der Waals surface area contributed by atoms with Gasteiger partial charge in [-0.15, -0.1) is 24.0 Å². The zero-order valence-corrected chi connectivity index (χ0v) is 19.9. The molecule has 1 aliphatic heterocycles. The number of methoxy groups -OCH3 is 1. The number of aliphatic imine (C=N–C) groups is 1. The van der Waals surface area contributed by atoms with E-state index in [0.29, 0.717) is 13.1 Å². The molecule has 0 spiro atoms. The topological polar surface area (TPSA) is 61.8 Å². The molecule has 0 aliphatic carbocycles. The molecule has 1 saturated heterocycles. The molecule has 0 unspecified atom stereocenters. The first kappa shape index (κ1) is 23.3. The van der Waals surface area contributed by atoms with Crippen LogP contribution in [-0.4, -0.2) is 38.2 Å². The van der Waals surface area contributed by atoms with Crippen LogP contribution in [0.25, 0.3) is 0 Å². The number of rotatable bonds is 6. The number of nitrogens with zero attached hydrogens (tertiary/aromatic N) is 3. The third-order valence-corrected chi connectivity index (χ3v) is 5.06. The Bertz CT molecular complexity index is 806. The van der Waals surface area contributed by atoms with Gasteiger partial charge in [0, 0.05) is 45.0 Å². The van der Waals surface area contributed by atoms with Gasteiger partial charge in [0.1, 0.15) is 11.6 Å². The molecule has 0 atom stereocenters. The summed E-state index contributed by atoms with van der Waals surface area (Å²) < 4.78 is 5.48. The summed E-state index contributed by atoms with van der Waals surface area (Å²) in [7, 11) is 3.49. The fourth-order valence-electron chi connectivity index (χ4n) is 3.45. The van der Waals surface area contributed by atoms with Crippen molar-refractivity contribution in [2.75, 3.05) is 32.1 Å². The highest BCUT2D eigenvalue weighted by molar-refractivity contribution is 14.0. The molecule has 2 aromatic rings. The van der Waals surface area contributed by atoms with E-state index in [9.17, 15) is 0 Å². The van der Waals surface area contributed by atoms with Gasteiger partial charge in [0.25, 0.3) is 0 Å². The maximum Gasteiger partial charge on any atom is 0.191 e. The summed E-state index contributed by atoms with van der Waals surface area (Å²) in [6, 6.07) is 10.5. The molecule has 158 valence electrons. The molecule has 6 nitrogen and oxygen atoms in total. The van der Waals surface area contributed by atoms with Crippen molar-refractivity contribution in [2.45, 2.75) is 39.3 Å². The Morgan fingerprint density at radius 1 is 1.10 bits per heavy atom. The van der Waals surface area contributed by atoms with Crippen molar-refractivity contribution in [3.05, 3.63) is 53.2 Å². The first-order valence-corrected chi connectivity index (χ1v) is 9.97. The van der Waals surface area contributed by atoms with Crippen LogP contribution in [0.4, 0.5) is 5.82 Å². The molecule has 0 bridgehead atoms. The number of halogens is 1. The van der Waals surface area contributed by atoms with E-state index >= 15 is 0 Å². The van der Waals surface area contributed by atoms with E-state index in [4.69, 9.17) is 4.74 Å². The van der Waals surface area contributed by atoms with Crippen molar-refractivity contribution in [1.82, 2.24) is 15.6 Å². The number of ether oxygens (including phenoxy) is 1. The van der Waals surface area contributed by atoms with E-state index in [1.54, 1.807) is 14.2 Å². The minimum absolute atomic E-state index is 0. The Hall–Kier alpha value is -2.03. The number of guanidine groups is 1. The van der Waals surface area contributed by atoms with Gasteiger partial charge in [0.05, 0.1) is 7.11 Å². The van der Waals surface area contributed by atoms with Crippen LogP contribution in [0.1, 0.15) is 36.0 Å². The lowest BCUT2D eigenvalue weighted by Gasteiger charge is -2.28. The first-order valence-electron chi connectivity index (χ1n) is 9.97. The van der Waals surface area contributed by atoms with Gasteiger partial charge < -0.3 is 20.3 Å². The SMILES string of the molecule is CN=C(NCc1ccnc(N2CCCCC2)c1)NCc1ccc(C)cc1OC.I. The number of piperidine rings is 1. The van der Waals surface area contributed by atoms with Crippen LogP contribution in [0.3, 0.4) is 0 Å². The van der Waals surface area contributed by atoms with E-state index < -0.39 is 0 Å². The summed E-state index contributed by atoms with van der Waals surface area (Å²) in [5, 5.41) is 6.75. The molecule has 1 aromatic heterocycles. The lowest BCUT2D eigenvalue weighted by molar-refractivity contribution is 0.408. The fraction of sp³-hybridized carbons (Fsp3) is 0.455. The summed E-state index contributed by atoms with van der Waals surface area (Å²) in [4.78, 5) is 11.3. The quantitative estimate of drug-likeness (QED) is 0.352. The van der Waals surface area contributed by atoms with Crippen molar-refractivity contribution in [1.29, 1.82) is 0 Å². The Balaban J connectivity index is 0.00000300. The molecule has 2 heterocycles. The maximum atomic E-state index is 5.48. The molecular weight excluding hydrogens is 477 g/mol. The number of anilines is 1. The van der Waals surface area contributed by atoms with Gasteiger partial charge in [-0.3, -0.25) is 4.99 Å². The molecule has 1 fully saturated rings. The van der Waals surface area contributed by atoms with Gasteiger partial charge in [-0.1, -0.05) is 12.1 Å². The Labute approximate surface area is 191 Å². The predicted molar refractivity (Wildman–Crippen MR) is 130 cm³/mol. The molecule has 1 aromatic carbocycles. The number of hydrogen-bond donors (Lipinski definition) is 2. The normalized spacial score (nSPS) is 14.2. The Morgan fingerprint density at radius 3 is 2.59 bits per heavy atom. The molecule has 29 heavy (non-hydrogen) atoms. The van der Waals surface area contributed by atoms with Gasteiger partial charge in [-0.25, -0.2) is 4.98 Å². The average Bonchev–Trinajstić information content (AvgIpc) is 2.75. The molecule has 3 rings (SSSR count). The number of benzene rings is 1. The van der Waals surface area contributed by atoms with Gasteiger partial charge in [0.2, 0.25) is 0 Å². The second kappa shape index (κ2) is 11.8. The highest BCUT2D eigenvalue weighted by Gasteiger charge is 2.12. The highest BCUT2D eigenvalue weighted by atomic mass is 127. The molecule has 1 aliphatic rings. The van der Waals surface area contributed by atoms with Gasteiger partial charge in [-0.05, 0) is 55.5 Å². The third-order valence-electron chi connectivity index (χ3n) is 5.06. The van der Waals surface area contributed by atoms with Crippen LogP contribution in [0.2, 0.25) is 0 Å². The van der Waals surface area contributed by atoms with Crippen LogP contribution in [0, 0.1) is 6.92 Å². The van der Waals surface area contributed by atoms with Crippen molar-refractivity contribution in [3.8, 4) is 5.75 Å². The summed E-state index contributed by atoms with van der Waals surface area (Å²) in [5.41, 5.74) is 3.49. The average molecular weight is 509 g/mol. The van der Waals surface area contributed by atoms with E-state index in [1.165, 1.54) is 30.4 Å². The monoisotopic (exact) mass is 509 g/mol. The minimum atomic E-state index is 0. The summed E-state index contributed by atoms with van der Waals surface area (Å²) in [6.45, 7) is 5.62. The van der Waals surface area contributed by atoms with Crippen LogP contribution in [0.15, 0.2) is 41.5 Å². The van der Waals surface area contributed by atoms with Crippen molar-refractivity contribution in [3.63, 3.8) is 0 Å². The van der Waals surface area contributed by atoms with Crippen LogP contribution >= 0.6 is 24.0 Å². The lowest BCUT2D eigenvalue weighted by atomic mass is 10.1. The van der Waals surface area contributed by atoms with Gasteiger partial charge in [0.15, 0.2) is 5.96 Å². The fourth-order valence-corrected chi connectivity index (χ4v) is 3.45. The minimum Gasteiger partial charge on any atom is -0.496 e. The van der Waals surface area contributed by atoms with E-state index in [0.717, 1.165) is 36.2 Å². The smallest absolute Gasteiger partial charge is 0.191 e. The maximum absolute atomic E-state index is 5.48. The van der Waals surface area contributed by atoms with Crippen LogP contribution in [0.5, 0.6) is 5.75 Å². The number of hydrogen-bond acceptors (Lipinski definition) is 4. The molecule has 7 heteroatoms. The van der Waals surface area contributed by atoms with Gasteiger partial charge in [-0.2, -0.15) is 0 Å². The first-order chi connectivity index (χ1) is 13.7. The molecular formula is C22H32IN5O. The van der Waals surface area contributed by atoms with E-state index in [1.807, 2.05) is 12.3 Å². The number of aryl methyl sites for hydroxylation is 1. The van der Waals surface area contributed by atoms with Gasteiger partial charge >= 0.3 is 0 Å². The second-order valence-electron chi connectivity index (χ2n) is 7.16. The molecule has 2 N–H and O–H groups in total. The summed E-state index contributed by atoms with van der Waals surface area (Å²) in [6.07, 6.45) is 5.73. The third kappa shape index (κ3) is 6.76. The Kier molecular flexibility index (Phi) is 9.50. The largest absolute Gasteiger partial charge is 0.496 e. The standard InChI is InChI=1S/C22H31N5O.HI/c1-17-7-8-19(20(13-17)28-3)16-26-22(23-2)25-15-18-9-10-24-21(14-18)27-11-5-4-6-12-27;/h7-10,13-14H,4-6,11-12,15-16H2,1-3H3,(H2,23,25,26);1H. The number of aromatic nitrogens is 1.